The van der Waals surface area contributed by atoms with Crippen molar-refractivity contribution in [3.63, 3.8) is 0 Å². The summed E-state index contributed by atoms with van der Waals surface area (Å²) in [4.78, 5) is 20.7. The summed E-state index contributed by atoms with van der Waals surface area (Å²) in [5.41, 5.74) is 5.12. The van der Waals surface area contributed by atoms with Gasteiger partial charge in [0.25, 0.3) is 5.91 Å². The Morgan fingerprint density at radius 2 is 2.33 bits per heavy atom. The fourth-order valence-electron chi connectivity index (χ4n) is 0.716. The zero-order valence-corrected chi connectivity index (χ0v) is 6.10. The van der Waals surface area contributed by atoms with Crippen LogP contribution in [0.5, 0.6) is 0 Å². The molecule has 1 heterocycles. The number of carbonyl (C=O) groups is 2. The number of amides is 1. The number of hydrogen-bond acceptors (Lipinski definition) is 3. The van der Waals surface area contributed by atoms with Gasteiger partial charge in [-0.25, -0.2) is 0 Å². The van der Waals surface area contributed by atoms with Crippen LogP contribution in [0.2, 0.25) is 0 Å². The maximum Gasteiger partial charge on any atom is 0.325 e. The minimum Gasteiger partial charge on any atom is -0.480 e. The van der Waals surface area contributed by atoms with Crippen molar-refractivity contribution in [1.29, 1.82) is 0 Å². The normalized spacial score (nSPS) is 9.67. The lowest BCUT2D eigenvalue weighted by Gasteiger charge is -1.92. The molecule has 0 radical (unpaired) electrons. The molecule has 0 fully saturated rings. The summed E-state index contributed by atoms with van der Waals surface area (Å²) in [5.74, 6) is -1.64. The van der Waals surface area contributed by atoms with Crippen molar-refractivity contribution in [2.24, 2.45) is 5.73 Å². The molecule has 1 aromatic rings. The van der Waals surface area contributed by atoms with Gasteiger partial charge in [0, 0.05) is 6.20 Å². The van der Waals surface area contributed by atoms with Crippen molar-refractivity contribution in [2.75, 3.05) is 0 Å². The van der Waals surface area contributed by atoms with E-state index in [0.717, 1.165) is 4.68 Å². The number of carboxylic acids is 1. The second kappa shape index (κ2) is 3.04. The van der Waals surface area contributed by atoms with Crippen LogP contribution in [0.25, 0.3) is 0 Å². The van der Waals surface area contributed by atoms with E-state index in [4.69, 9.17) is 10.8 Å². The summed E-state index contributed by atoms with van der Waals surface area (Å²) in [6.45, 7) is -0.271. The van der Waals surface area contributed by atoms with Gasteiger partial charge in [0.05, 0.1) is 11.8 Å². The molecule has 0 atom stereocenters. The molecule has 12 heavy (non-hydrogen) atoms. The van der Waals surface area contributed by atoms with Crippen molar-refractivity contribution in [3.8, 4) is 0 Å². The van der Waals surface area contributed by atoms with Crippen LogP contribution in [0.1, 0.15) is 10.4 Å². The zero-order valence-electron chi connectivity index (χ0n) is 6.10. The highest BCUT2D eigenvalue weighted by molar-refractivity contribution is 5.92. The van der Waals surface area contributed by atoms with Crippen LogP contribution in [0.3, 0.4) is 0 Å². The van der Waals surface area contributed by atoms with Gasteiger partial charge in [0.2, 0.25) is 0 Å². The molecule has 3 N–H and O–H groups in total. The molecule has 1 aromatic heterocycles. The first-order chi connectivity index (χ1) is 5.59. The lowest BCUT2D eigenvalue weighted by Crippen LogP contribution is -2.11. The Morgan fingerprint density at radius 3 is 2.75 bits per heavy atom. The number of rotatable bonds is 3. The zero-order chi connectivity index (χ0) is 9.14. The largest absolute Gasteiger partial charge is 0.480 e. The van der Waals surface area contributed by atoms with Crippen molar-refractivity contribution < 1.29 is 14.7 Å². The third kappa shape index (κ3) is 1.82. The molecule has 0 aromatic carbocycles. The highest BCUT2D eigenvalue weighted by Gasteiger charge is 2.05. The molecule has 64 valence electrons. The first-order valence-corrected chi connectivity index (χ1v) is 3.13. The monoisotopic (exact) mass is 169 g/mol. The van der Waals surface area contributed by atoms with Crippen molar-refractivity contribution >= 4 is 11.9 Å². The fraction of sp³-hybridized carbons (Fsp3) is 0.167. The van der Waals surface area contributed by atoms with Crippen LogP contribution in [0.15, 0.2) is 12.4 Å². The average Bonchev–Trinajstić information content (AvgIpc) is 2.34. The van der Waals surface area contributed by atoms with Gasteiger partial charge in [-0.05, 0) is 0 Å². The number of aliphatic carboxylic acids is 1. The number of carboxylic acid groups (broad SMARTS) is 1. The molecule has 0 aliphatic heterocycles. The summed E-state index contributed by atoms with van der Waals surface area (Å²) in [5, 5.41) is 12.0. The van der Waals surface area contributed by atoms with Crippen LogP contribution in [0.4, 0.5) is 0 Å². The first kappa shape index (κ1) is 8.25. The maximum absolute atomic E-state index is 10.5. The fourth-order valence-corrected chi connectivity index (χ4v) is 0.716. The molecular formula is C6H7N3O3. The van der Waals surface area contributed by atoms with Crippen molar-refractivity contribution in [3.05, 3.63) is 18.0 Å². The van der Waals surface area contributed by atoms with Gasteiger partial charge in [-0.15, -0.1) is 0 Å². The molecule has 0 saturated heterocycles. The van der Waals surface area contributed by atoms with E-state index < -0.39 is 11.9 Å². The minimum absolute atomic E-state index is 0.205. The van der Waals surface area contributed by atoms with E-state index in [0.29, 0.717) is 0 Å². The molecule has 1 rings (SSSR count). The van der Waals surface area contributed by atoms with Crippen molar-refractivity contribution in [1.82, 2.24) is 9.78 Å². The number of hydrogen-bond donors (Lipinski definition) is 2. The molecule has 0 spiro atoms. The lowest BCUT2D eigenvalue weighted by atomic mass is 10.3. The summed E-state index contributed by atoms with van der Waals surface area (Å²) in [6, 6.07) is 0. The second-order valence-corrected chi connectivity index (χ2v) is 2.18. The van der Waals surface area contributed by atoms with Gasteiger partial charge < -0.3 is 10.8 Å². The highest BCUT2D eigenvalue weighted by atomic mass is 16.4. The number of aromatic nitrogens is 2. The van der Waals surface area contributed by atoms with Crippen LogP contribution in [0, 0.1) is 0 Å². The van der Waals surface area contributed by atoms with E-state index in [1.807, 2.05) is 0 Å². The van der Waals surface area contributed by atoms with E-state index >= 15 is 0 Å². The topological polar surface area (TPSA) is 98.2 Å². The third-order valence-corrected chi connectivity index (χ3v) is 1.22. The van der Waals surface area contributed by atoms with Gasteiger partial charge in [-0.1, -0.05) is 0 Å². The SMILES string of the molecule is NC(=O)c1cnn(CC(=O)O)c1. The van der Waals surface area contributed by atoms with Gasteiger partial charge in [0.15, 0.2) is 0 Å². The molecule has 1 amide bonds. The van der Waals surface area contributed by atoms with E-state index in [1.54, 1.807) is 0 Å². The third-order valence-electron chi connectivity index (χ3n) is 1.22. The predicted octanol–water partition coefficient (Wildman–Crippen LogP) is -0.933. The molecular weight excluding hydrogens is 162 g/mol. The molecule has 0 bridgehead atoms. The Hall–Kier alpha value is -1.85. The quantitative estimate of drug-likeness (QED) is 0.610. The van der Waals surface area contributed by atoms with Crippen LogP contribution < -0.4 is 5.73 Å². The lowest BCUT2D eigenvalue weighted by molar-refractivity contribution is -0.137. The Kier molecular flexibility index (Phi) is 2.09. The van der Waals surface area contributed by atoms with E-state index in [-0.39, 0.29) is 12.1 Å². The van der Waals surface area contributed by atoms with E-state index in [9.17, 15) is 9.59 Å². The first-order valence-electron chi connectivity index (χ1n) is 3.13. The smallest absolute Gasteiger partial charge is 0.325 e. The molecule has 6 nitrogen and oxygen atoms in total. The summed E-state index contributed by atoms with van der Waals surface area (Å²) in [6.07, 6.45) is 2.52. The van der Waals surface area contributed by atoms with Crippen LogP contribution >= 0.6 is 0 Å². The highest BCUT2D eigenvalue weighted by Crippen LogP contribution is 1.95. The molecule has 6 heteroatoms. The predicted molar refractivity (Wildman–Crippen MR) is 38.4 cm³/mol. The standard InChI is InChI=1S/C6H7N3O3/c7-6(12)4-1-8-9(2-4)3-5(10)11/h1-2H,3H2,(H2,7,12)(H,10,11). The van der Waals surface area contributed by atoms with Gasteiger partial charge in [-0.2, -0.15) is 5.10 Å². The molecule has 0 saturated carbocycles. The summed E-state index contributed by atoms with van der Waals surface area (Å²) in [7, 11) is 0. The number of carbonyl (C=O) groups excluding carboxylic acids is 1. The summed E-state index contributed by atoms with van der Waals surface area (Å²) < 4.78 is 1.13. The van der Waals surface area contributed by atoms with E-state index in [1.165, 1.54) is 12.4 Å². The van der Waals surface area contributed by atoms with Crippen LogP contribution in [-0.4, -0.2) is 26.8 Å². The molecule has 0 aliphatic carbocycles. The second-order valence-electron chi connectivity index (χ2n) is 2.18. The Morgan fingerprint density at radius 1 is 1.67 bits per heavy atom. The van der Waals surface area contributed by atoms with E-state index in [2.05, 4.69) is 5.10 Å². The Labute approximate surface area is 67.6 Å². The number of nitrogens with zero attached hydrogens (tertiary/aromatic N) is 2. The number of nitrogens with two attached hydrogens (primary N) is 1. The Balaban J connectivity index is 2.77. The van der Waals surface area contributed by atoms with Gasteiger partial charge in [0.1, 0.15) is 6.54 Å². The van der Waals surface area contributed by atoms with Gasteiger partial charge >= 0.3 is 5.97 Å². The Bertz CT molecular complexity index is 318. The van der Waals surface area contributed by atoms with Crippen LogP contribution in [-0.2, 0) is 11.3 Å². The minimum atomic E-state index is -1.02. The maximum atomic E-state index is 10.5. The average molecular weight is 169 g/mol. The molecule has 0 unspecified atom stereocenters. The van der Waals surface area contributed by atoms with Gasteiger partial charge in [-0.3, -0.25) is 14.3 Å². The van der Waals surface area contributed by atoms with Crippen molar-refractivity contribution in [2.45, 2.75) is 6.54 Å². The summed E-state index contributed by atoms with van der Waals surface area (Å²) >= 11 is 0. The number of primary amides is 1. The molecule has 0 aliphatic rings.